The van der Waals surface area contributed by atoms with Gasteiger partial charge in [0.1, 0.15) is 17.6 Å². The van der Waals surface area contributed by atoms with Gasteiger partial charge in [0.15, 0.2) is 5.11 Å². The van der Waals surface area contributed by atoms with E-state index in [9.17, 15) is 0 Å². The second kappa shape index (κ2) is 9.41. The van der Waals surface area contributed by atoms with Crippen LogP contribution in [0, 0.1) is 0 Å². The number of benzene rings is 2. The molecule has 172 valence electrons. The molecule has 1 aliphatic rings. The van der Waals surface area contributed by atoms with Crippen LogP contribution in [0.5, 0.6) is 0 Å². The van der Waals surface area contributed by atoms with Crippen molar-refractivity contribution in [1.82, 2.24) is 10.3 Å². The van der Waals surface area contributed by atoms with Crippen LogP contribution < -0.4 is 10.2 Å². The zero-order chi connectivity index (χ0) is 23.8. The van der Waals surface area contributed by atoms with Crippen LogP contribution in [0.4, 0.5) is 5.69 Å². The second-order valence-electron chi connectivity index (χ2n) is 8.57. The number of hydrogen-bond donors (Lipinski definition) is 1. The molecule has 0 aliphatic carbocycles. The lowest BCUT2D eigenvalue weighted by Gasteiger charge is -2.26. The first-order valence-electron chi connectivity index (χ1n) is 11.1. The Labute approximate surface area is 214 Å². The molecule has 2 aromatic heterocycles. The zero-order valence-electron chi connectivity index (χ0n) is 18.7. The molecule has 7 heteroatoms. The Kier molecular flexibility index (Phi) is 6.34. The molecule has 0 spiro atoms. The van der Waals surface area contributed by atoms with E-state index >= 15 is 0 Å². The number of nitrogens with one attached hydrogen (secondary N) is 1. The number of aromatic nitrogens is 1. The molecule has 4 nitrogen and oxygen atoms in total. The highest BCUT2D eigenvalue weighted by Gasteiger charge is 2.42. The first kappa shape index (κ1) is 22.9. The number of furan rings is 1. The normalized spacial score (nSPS) is 17.9. The molecule has 1 fully saturated rings. The van der Waals surface area contributed by atoms with Gasteiger partial charge in [-0.15, -0.1) is 0 Å². The maximum absolute atomic E-state index is 6.39. The average Bonchev–Trinajstić information content (AvgIpc) is 3.46. The van der Waals surface area contributed by atoms with E-state index in [1.165, 1.54) is 5.56 Å². The highest BCUT2D eigenvalue weighted by atomic mass is 35.5. The van der Waals surface area contributed by atoms with Crippen molar-refractivity contribution in [2.45, 2.75) is 31.8 Å². The van der Waals surface area contributed by atoms with E-state index in [1.807, 2.05) is 42.5 Å². The van der Waals surface area contributed by atoms with Gasteiger partial charge in [0.05, 0.1) is 21.8 Å². The summed E-state index contributed by atoms with van der Waals surface area (Å²) in [4.78, 5) is 6.71. The molecule has 4 aromatic rings. The van der Waals surface area contributed by atoms with Gasteiger partial charge in [-0.1, -0.05) is 55.2 Å². The Morgan fingerprint density at radius 2 is 1.76 bits per heavy atom. The van der Waals surface area contributed by atoms with Crippen molar-refractivity contribution in [3.8, 4) is 11.3 Å². The summed E-state index contributed by atoms with van der Waals surface area (Å²) in [6.45, 7) is 4.37. The van der Waals surface area contributed by atoms with Crippen molar-refractivity contribution < 1.29 is 4.42 Å². The van der Waals surface area contributed by atoms with Crippen molar-refractivity contribution in [3.05, 3.63) is 106 Å². The van der Waals surface area contributed by atoms with Crippen LogP contribution >= 0.6 is 35.4 Å². The Hall–Kier alpha value is -2.86. The topological polar surface area (TPSA) is 41.3 Å². The average molecular weight is 508 g/mol. The summed E-state index contributed by atoms with van der Waals surface area (Å²) in [5.41, 5.74) is 4.03. The predicted molar refractivity (Wildman–Crippen MR) is 143 cm³/mol. The summed E-state index contributed by atoms with van der Waals surface area (Å²) in [7, 11) is 0. The van der Waals surface area contributed by atoms with E-state index in [2.05, 4.69) is 53.3 Å². The molecule has 0 radical (unpaired) electrons. The molecule has 5 rings (SSSR count). The molecule has 2 atom stereocenters. The second-order valence-corrected chi connectivity index (χ2v) is 9.77. The van der Waals surface area contributed by atoms with Crippen LogP contribution in [0.3, 0.4) is 0 Å². The smallest absolute Gasteiger partial charge is 0.174 e. The van der Waals surface area contributed by atoms with Crippen molar-refractivity contribution in [2.24, 2.45) is 0 Å². The largest absolute Gasteiger partial charge is 0.459 e. The van der Waals surface area contributed by atoms with E-state index in [-0.39, 0.29) is 12.1 Å². The van der Waals surface area contributed by atoms with Crippen LogP contribution in [0.15, 0.2) is 83.4 Å². The zero-order valence-corrected chi connectivity index (χ0v) is 21.0. The molecule has 1 N–H and O–H groups in total. The van der Waals surface area contributed by atoms with Crippen molar-refractivity contribution in [2.75, 3.05) is 4.90 Å². The minimum Gasteiger partial charge on any atom is -0.459 e. The fourth-order valence-electron chi connectivity index (χ4n) is 4.26. The summed E-state index contributed by atoms with van der Waals surface area (Å²) in [6, 6.07) is 23.4. The first-order valence-corrected chi connectivity index (χ1v) is 12.2. The minimum absolute atomic E-state index is 0.175. The summed E-state index contributed by atoms with van der Waals surface area (Å²) in [6.07, 6.45) is 1.79. The maximum Gasteiger partial charge on any atom is 0.174 e. The molecule has 0 unspecified atom stereocenters. The number of rotatable bonds is 5. The fourth-order valence-corrected chi connectivity index (χ4v) is 4.90. The lowest BCUT2D eigenvalue weighted by Crippen LogP contribution is -2.29. The van der Waals surface area contributed by atoms with E-state index in [0.29, 0.717) is 26.8 Å². The number of thiocarbonyl (C=S) groups is 1. The molecule has 2 aromatic carbocycles. The molecule has 3 heterocycles. The van der Waals surface area contributed by atoms with E-state index < -0.39 is 0 Å². The van der Waals surface area contributed by atoms with Gasteiger partial charge in [-0.05, 0) is 78.3 Å². The standard InChI is InChI=1S/C27H23Cl2N3OS/c1-16(2)17-6-9-19(10-7-17)32-26(25(31-27(32)34)22-5-3-4-14-30-22)24-13-12-23(33-24)18-8-11-20(28)21(29)15-18/h3-16,25-26H,1-2H3,(H,31,34)/t25-,26+/m0/s1. The van der Waals surface area contributed by atoms with E-state index in [4.69, 9.17) is 39.8 Å². The third-order valence-electron chi connectivity index (χ3n) is 6.06. The van der Waals surface area contributed by atoms with Gasteiger partial charge in [0.2, 0.25) is 0 Å². The molecule has 34 heavy (non-hydrogen) atoms. The summed E-state index contributed by atoms with van der Waals surface area (Å²) in [5.74, 6) is 1.94. The van der Waals surface area contributed by atoms with E-state index in [1.54, 1.807) is 12.3 Å². The lowest BCUT2D eigenvalue weighted by molar-refractivity contribution is 0.439. The molecular weight excluding hydrogens is 485 g/mol. The van der Waals surface area contributed by atoms with Gasteiger partial charge in [-0.2, -0.15) is 0 Å². The third-order valence-corrected chi connectivity index (χ3v) is 7.11. The van der Waals surface area contributed by atoms with Crippen molar-refractivity contribution >= 4 is 46.2 Å². The Morgan fingerprint density at radius 3 is 2.44 bits per heavy atom. The highest BCUT2D eigenvalue weighted by molar-refractivity contribution is 7.80. The molecule has 1 saturated heterocycles. The quantitative estimate of drug-likeness (QED) is 0.277. The molecule has 1 aliphatic heterocycles. The third kappa shape index (κ3) is 4.31. The summed E-state index contributed by atoms with van der Waals surface area (Å²) in [5, 5.41) is 5.09. The fraction of sp³-hybridized carbons (Fsp3) is 0.185. The summed E-state index contributed by atoms with van der Waals surface area (Å²) >= 11 is 18.1. The van der Waals surface area contributed by atoms with Gasteiger partial charge in [-0.25, -0.2) is 0 Å². The number of nitrogens with zero attached hydrogens (tertiary/aromatic N) is 2. The SMILES string of the molecule is CC(C)c1ccc(N2C(=S)N[C@@H](c3ccccn3)[C@H]2c2ccc(-c3ccc(Cl)c(Cl)c3)o2)cc1. The first-order chi connectivity index (χ1) is 16.4. The number of anilines is 1. The van der Waals surface area contributed by atoms with Crippen LogP contribution in [-0.4, -0.2) is 10.1 Å². The monoisotopic (exact) mass is 507 g/mol. The maximum atomic E-state index is 6.39. The molecule has 0 amide bonds. The minimum atomic E-state index is -0.219. The molecule has 0 bridgehead atoms. The predicted octanol–water partition coefficient (Wildman–Crippen LogP) is 7.95. The van der Waals surface area contributed by atoms with Crippen LogP contribution in [0.25, 0.3) is 11.3 Å². The van der Waals surface area contributed by atoms with Gasteiger partial charge >= 0.3 is 0 Å². The van der Waals surface area contributed by atoms with Crippen molar-refractivity contribution in [3.63, 3.8) is 0 Å². The van der Waals surface area contributed by atoms with Crippen LogP contribution in [-0.2, 0) is 0 Å². The Morgan fingerprint density at radius 1 is 0.971 bits per heavy atom. The van der Waals surface area contributed by atoms with Gasteiger partial charge in [0, 0.05) is 17.4 Å². The Bertz CT molecular complexity index is 1320. The number of halogens is 2. The van der Waals surface area contributed by atoms with Gasteiger partial charge in [-0.3, -0.25) is 4.98 Å². The van der Waals surface area contributed by atoms with Gasteiger partial charge < -0.3 is 14.6 Å². The van der Waals surface area contributed by atoms with Crippen LogP contribution in [0.1, 0.15) is 48.9 Å². The summed E-state index contributed by atoms with van der Waals surface area (Å²) < 4.78 is 6.39. The number of pyridine rings is 1. The van der Waals surface area contributed by atoms with Crippen LogP contribution in [0.2, 0.25) is 10.0 Å². The lowest BCUT2D eigenvalue weighted by atomic mass is 10.0. The van der Waals surface area contributed by atoms with Crippen molar-refractivity contribution in [1.29, 1.82) is 0 Å². The van der Waals surface area contributed by atoms with Gasteiger partial charge in [0.25, 0.3) is 0 Å². The van der Waals surface area contributed by atoms with E-state index in [0.717, 1.165) is 22.7 Å². The Balaban J connectivity index is 1.57. The highest BCUT2D eigenvalue weighted by Crippen LogP contribution is 2.43. The molecular formula is C27H23Cl2N3OS. The molecule has 0 saturated carbocycles. The number of hydrogen-bond acceptors (Lipinski definition) is 3.